The lowest BCUT2D eigenvalue weighted by atomic mass is 10.1. The van der Waals surface area contributed by atoms with Gasteiger partial charge in [0.25, 0.3) is 0 Å². The molecule has 24 heavy (non-hydrogen) atoms. The van der Waals surface area contributed by atoms with E-state index < -0.39 is 0 Å². The predicted octanol–water partition coefficient (Wildman–Crippen LogP) is 2.11. The Morgan fingerprint density at radius 2 is 2.12 bits per heavy atom. The van der Waals surface area contributed by atoms with Crippen molar-refractivity contribution in [2.24, 2.45) is 0 Å². The van der Waals surface area contributed by atoms with Crippen molar-refractivity contribution in [2.45, 2.75) is 40.0 Å². The van der Waals surface area contributed by atoms with Crippen LogP contribution in [0.2, 0.25) is 0 Å². The average molecular weight is 330 g/mol. The van der Waals surface area contributed by atoms with Crippen molar-refractivity contribution >= 4 is 0 Å². The first-order chi connectivity index (χ1) is 11.5. The van der Waals surface area contributed by atoms with Crippen LogP contribution in [0.5, 0.6) is 5.75 Å². The first kappa shape index (κ1) is 16.9. The number of ether oxygens (including phenoxy) is 2. The summed E-state index contributed by atoms with van der Waals surface area (Å²) in [6.45, 7) is 10.2. The van der Waals surface area contributed by atoms with Gasteiger partial charge in [-0.15, -0.1) is 0 Å². The Labute approximate surface area is 143 Å². The van der Waals surface area contributed by atoms with Crippen LogP contribution in [0.25, 0.3) is 0 Å². The predicted molar refractivity (Wildman–Crippen MR) is 92.2 cm³/mol. The SMILES string of the molecule is COc1ccc(C)cc1CN1CCO[C@H](Cn2nc(C)nc2C)C1. The summed E-state index contributed by atoms with van der Waals surface area (Å²) in [5.41, 5.74) is 2.48. The van der Waals surface area contributed by atoms with Gasteiger partial charge in [0.1, 0.15) is 17.4 Å². The Balaban J connectivity index is 1.65. The Bertz CT molecular complexity index is 698. The minimum absolute atomic E-state index is 0.134. The van der Waals surface area contributed by atoms with Crippen LogP contribution in [0.15, 0.2) is 18.2 Å². The molecule has 1 aromatic heterocycles. The normalized spacial score (nSPS) is 18.8. The number of methoxy groups -OCH3 is 1. The molecule has 0 spiro atoms. The topological polar surface area (TPSA) is 52.4 Å². The molecule has 0 radical (unpaired) electrons. The number of rotatable bonds is 5. The van der Waals surface area contributed by atoms with Crippen molar-refractivity contribution in [1.82, 2.24) is 19.7 Å². The first-order valence-electron chi connectivity index (χ1n) is 8.40. The average Bonchev–Trinajstić information content (AvgIpc) is 2.85. The Morgan fingerprint density at radius 3 is 2.83 bits per heavy atom. The molecule has 0 bridgehead atoms. The lowest BCUT2D eigenvalue weighted by molar-refractivity contribution is -0.0407. The van der Waals surface area contributed by atoms with Crippen LogP contribution < -0.4 is 4.74 Å². The van der Waals surface area contributed by atoms with Crippen molar-refractivity contribution in [3.05, 3.63) is 41.0 Å². The van der Waals surface area contributed by atoms with E-state index in [4.69, 9.17) is 9.47 Å². The molecule has 1 aliphatic heterocycles. The molecule has 1 atom stereocenters. The summed E-state index contributed by atoms with van der Waals surface area (Å²) in [5.74, 6) is 2.70. The number of morpholine rings is 1. The molecule has 0 amide bonds. The van der Waals surface area contributed by atoms with Crippen LogP contribution in [-0.4, -0.2) is 52.6 Å². The van der Waals surface area contributed by atoms with Gasteiger partial charge in [0, 0.05) is 25.2 Å². The highest BCUT2D eigenvalue weighted by molar-refractivity contribution is 5.36. The molecule has 0 saturated carbocycles. The third-order valence-electron chi connectivity index (χ3n) is 4.39. The number of hydrogen-bond acceptors (Lipinski definition) is 5. The molecule has 2 heterocycles. The largest absolute Gasteiger partial charge is 0.496 e. The Kier molecular flexibility index (Phi) is 5.16. The minimum Gasteiger partial charge on any atom is -0.496 e. The van der Waals surface area contributed by atoms with E-state index in [0.717, 1.165) is 50.2 Å². The molecule has 0 aliphatic carbocycles. The molecule has 6 nitrogen and oxygen atoms in total. The number of hydrogen-bond donors (Lipinski definition) is 0. The molecule has 1 aromatic carbocycles. The van der Waals surface area contributed by atoms with Crippen molar-refractivity contribution < 1.29 is 9.47 Å². The van der Waals surface area contributed by atoms with Crippen molar-refractivity contribution in [3.63, 3.8) is 0 Å². The molecule has 0 unspecified atom stereocenters. The van der Waals surface area contributed by atoms with Gasteiger partial charge in [0.05, 0.1) is 26.4 Å². The highest BCUT2D eigenvalue weighted by Gasteiger charge is 2.23. The fourth-order valence-electron chi connectivity index (χ4n) is 3.23. The van der Waals surface area contributed by atoms with Gasteiger partial charge in [-0.1, -0.05) is 17.7 Å². The summed E-state index contributed by atoms with van der Waals surface area (Å²) < 4.78 is 13.4. The molecule has 2 aromatic rings. The van der Waals surface area contributed by atoms with E-state index in [1.807, 2.05) is 24.6 Å². The van der Waals surface area contributed by atoms with E-state index in [1.54, 1.807) is 7.11 Å². The summed E-state index contributed by atoms with van der Waals surface area (Å²) in [7, 11) is 1.73. The molecule has 6 heteroatoms. The van der Waals surface area contributed by atoms with Crippen molar-refractivity contribution in [1.29, 1.82) is 0 Å². The van der Waals surface area contributed by atoms with Crippen LogP contribution in [0.4, 0.5) is 0 Å². The van der Waals surface area contributed by atoms with Gasteiger partial charge in [-0.05, 0) is 26.8 Å². The summed E-state index contributed by atoms with van der Waals surface area (Å²) in [5, 5.41) is 4.44. The van der Waals surface area contributed by atoms with E-state index in [-0.39, 0.29) is 6.10 Å². The van der Waals surface area contributed by atoms with E-state index in [2.05, 4.69) is 34.0 Å². The van der Waals surface area contributed by atoms with Gasteiger partial charge in [0.15, 0.2) is 0 Å². The fraction of sp³-hybridized carbons (Fsp3) is 0.556. The third kappa shape index (κ3) is 3.94. The second-order valence-electron chi connectivity index (χ2n) is 6.43. The number of aromatic nitrogens is 3. The number of aryl methyl sites for hydroxylation is 3. The Hall–Kier alpha value is -1.92. The van der Waals surface area contributed by atoms with E-state index in [0.29, 0.717) is 0 Å². The molecular weight excluding hydrogens is 304 g/mol. The second-order valence-corrected chi connectivity index (χ2v) is 6.43. The molecular formula is C18H26N4O2. The number of nitrogens with zero attached hydrogens (tertiary/aromatic N) is 4. The zero-order chi connectivity index (χ0) is 17.1. The third-order valence-corrected chi connectivity index (χ3v) is 4.39. The lowest BCUT2D eigenvalue weighted by Crippen LogP contribution is -2.44. The summed E-state index contributed by atoms with van der Waals surface area (Å²) >= 11 is 0. The summed E-state index contributed by atoms with van der Waals surface area (Å²) in [6, 6.07) is 6.33. The Morgan fingerprint density at radius 1 is 1.29 bits per heavy atom. The smallest absolute Gasteiger partial charge is 0.147 e. The van der Waals surface area contributed by atoms with Gasteiger partial charge < -0.3 is 9.47 Å². The molecule has 0 N–H and O–H groups in total. The standard InChI is InChI=1S/C18H26N4O2/c1-13-5-6-18(23-4)16(9-13)10-21-7-8-24-17(11-21)12-22-15(3)19-14(2)20-22/h5-6,9,17H,7-8,10-12H2,1-4H3/t17-/m0/s1. The van der Waals surface area contributed by atoms with Gasteiger partial charge in [-0.3, -0.25) is 4.90 Å². The van der Waals surface area contributed by atoms with Crippen LogP contribution in [0.3, 0.4) is 0 Å². The van der Waals surface area contributed by atoms with Gasteiger partial charge in [0.2, 0.25) is 0 Å². The van der Waals surface area contributed by atoms with Gasteiger partial charge >= 0.3 is 0 Å². The lowest BCUT2D eigenvalue weighted by Gasteiger charge is -2.33. The highest BCUT2D eigenvalue weighted by atomic mass is 16.5. The minimum atomic E-state index is 0.134. The second kappa shape index (κ2) is 7.32. The highest BCUT2D eigenvalue weighted by Crippen LogP contribution is 2.22. The van der Waals surface area contributed by atoms with E-state index >= 15 is 0 Å². The molecule has 3 rings (SSSR count). The van der Waals surface area contributed by atoms with Gasteiger partial charge in [-0.25, -0.2) is 9.67 Å². The van der Waals surface area contributed by atoms with Crippen LogP contribution >= 0.6 is 0 Å². The monoisotopic (exact) mass is 330 g/mol. The van der Waals surface area contributed by atoms with Gasteiger partial charge in [-0.2, -0.15) is 5.10 Å². The maximum Gasteiger partial charge on any atom is 0.147 e. The molecule has 1 aliphatic rings. The van der Waals surface area contributed by atoms with E-state index in [1.165, 1.54) is 11.1 Å². The van der Waals surface area contributed by atoms with Crippen molar-refractivity contribution in [2.75, 3.05) is 26.8 Å². The van der Waals surface area contributed by atoms with Crippen LogP contribution in [0, 0.1) is 20.8 Å². The quantitative estimate of drug-likeness (QED) is 0.840. The van der Waals surface area contributed by atoms with E-state index in [9.17, 15) is 0 Å². The van der Waals surface area contributed by atoms with Crippen molar-refractivity contribution in [3.8, 4) is 5.75 Å². The maximum atomic E-state index is 5.93. The fourth-order valence-corrected chi connectivity index (χ4v) is 3.23. The summed E-state index contributed by atoms with van der Waals surface area (Å²) in [6.07, 6.45) is 0.134. The molecule has 1 fully saturated rings. The van der Waals surface area contributed by atoms with Crippen LogP contribution in [0.1, 0.15) is 22.8 Å². The van der Waals surface area contributed by atoms with Crippen LogP contribution in [-0.2, 0) is 17.8 Å². The zero-order valence-corrected chi connectivity index (χ0v) is 15.0. The molecule has 1 saturated heterocycles. The summed E-state index contributed by atoms with van der Waals surface area (Å²) in [4.78, 5) is 6.78. The zero-order valence-electron chi connectivity index (χ0n) is 15.0. The molecule has 130 valence electrons. The first-order valence-corrected chi connectivity index (χ1v) is 8.40. The number of benzene rings is 1. The maximum absolute atomic E-state index is 5.93.